The predicted octanol–water partition coefficient (Wildman–Crippen LogP) is 3.84. The van der Waals surface area contributed by atoms with E-state index in [-0.39, 0.29) is 5.41 Å². The van der Waals surface area contributed by atoms with Crippen molar-refractivity contribution in [1.82, 2.24) is 4.98 Å². The van der Waals surface area contributed by atoms with Crippen LogP contribution in [-0.4, -0.2) is 11.5 Å². The van der Waals surface area contributed by atoms with Crippen LogP contribution in [0.5, 0.6) is 0 Å². The maximum absolute atomic E-state index is 4.32. The van der Waals surface area contributed by atoms with Gasteiger partial charge in [-0.25, -0.2) is 4.98 Å². The van der Waals surface area contributed by atoms with Gasteiger partial charge in [0.15, 0.2) is 0 Å². The van der Waals surface area contributed by atoms with Crippen molar-refractivity contribution in [1.29, 1.82) is 0 Å². The average Bonchev–Trinajstić information content (AvgIpc) is 2.81. The van der Waals surface area contributed by atoms with E-state index in [1.165, 1.54) is 10.4 Å². The summed E-state index contributed by atoms with van der Waals surface area (Å²) >= 11 is 1.81. The molecule has 0 fully saturated rings. The number of hydrogen-bond acceptors (Lipinski definition) is 3. The number of hydrogen-bond donors (Lipinski definition) is 1. The van der Waals surface area contributed by atoms with Crippen LogP contribution in [0, 0.1) is 6.92 Å². The topological polar surface area (TPSA) is 24.9 Å². The van der Waals surface area contributed by atoms with E-state index >= 15 is 0 Å². The van der Waals surface area contributed by atoms with E-state index in [9.17, 15) is 0 Å². The Morgan fingerprint density at radius 1 is 1.35 bits per heavy atom. The van der Waals surface area contributed by atoms with Crippen LogP contribution >= 0.6 is 11.3 Å². The van der Waals surface area contributed by atoms with Gasteiger partial charge >= 0.3 is 0 Å². The van der Waals surface area contributed by atoms with E-state index in [0.29, 0.717) is 0 Å². The molecule has 3 heteroatoms. The Labute approximate surface area is 107 Å². The molecule has 2 nitrogen and oxygen atoms in total. The molecule has 0 bridgehead atoms. The summed E-state index contributed by atoms with van der Waals surface area (Å²) in [6.07, 6.45) is 1.84. The Bertz CT molecular complexity index is 475. The monoisotopic (exact) mass is 246 g/mol. The van der Waals surface area contributed by atoms with Gasteiger partial charge in [0.2, 0.25) is 0 Å². The van der Waals surface area contributed by atoms with Crippen LogP contribution in [0.4, 0.5) is 5.82 Å². The van der Waals surface area contributed by atoms with Crippen molar-refractivity contribution in [3.63, 3.8) is 0 Å². The molecule has 0 saturated heterocycles. The van der Waals surface area contributed by atoms with Gasteiger partial charge in [-0.1, -0.05) is 19.9 Å². The number of nitrogens with one attached hydrogen (secondary N) is 1. The van der Waals surface area contributed by atoms with Gasteiger partial charge in [0.25, 0.3) is 0 Å². The lowest BCUT2D eigenvalue weighted by Crippen LogP contribution is -2.26. The minimum atomic E-state index is 0.138. The SMILES string of the molecule is Cc1ccnc(NCC(C)(C)c2cccs2)c1. The van der Waals surface area contributed by atoms with E-state index in [1.807, 2.05) is 23.6 Å². The smallest absolute Gasteiger partial charge is 0.126 e. The van der Waals surface area contributed by atoms with Crippen molar-refractivity contribution in [3.05, 3.63) is 46.3 Å². The standard InChI is InChI=1S/C14H18N2S/c1-11-6-7-15-13(9-11)16-10-14(2,3)12-5-4-8-17-12/h4-9H,10H2,1-3H3,(H,15,16). The fourth-order valence-corrected chi connectivity index (χ4v) is 2.55. The minimum Gasteiger partial charge on any atom is -0.369 e. The highest BCUT2D eigenvalue weighted by Crippen LogP contribution is 2.27. The molecule has 0 saturated carbocycles. The molecule has 90 valence electrons. The molecule has 0 aromatic carbocycles. The van der Waals surface area contributed by atoms with Gasteiger partial charge in [-0.2, -0.15) is 0 Å². The lowest BCUT2D eigenvalue weighted by Gasteiger charge is -2.24. The lowest BCUT2D eigenvalue weighted by molar-refractivity contribution is 0.568. The summed E-state index contributed by atoms with van der Waals surface area (Å²) in [5.41, 5.74) is 1.37. The zero-order valence-electron chi connectivity index (χ0n) is 10.5. The van der Waals surface area contributed by atoms with Crippen molar-refractivity contribution < 1.29 is 0 Å². The average molecular weight is 246 g/mol. The molecule has 0 aliphatic carbocycles. The summed E-state index contributed by atoms with van der Waals surface area (Å²) in [5.74, 6) is 0.953. The number of aryl methyl sites for hydroxylation is 1. The highest BCUT2D eigenvalue weighted by atomic mass is 32.1. The lowest BCUT2D eigenvalue weighted by atomic mass is 9.91. The molecule has 1 N–H and O–H groups in total. The van der Waals surface area contributed by atoms with Gasteiger partial charge in [0.1, 0.15) is 5.82 Å². The molecule has 0 amide bonds. The van der Waals surface area contributed by atoms with Crippen molar-refractivity contribution >= 4 is 17.2 Å². The molecule has 0 spiro atoms. The van der Waals surface area contributed by atoms with E-state index < -0.39 is 0 Å². The van der Waals surface area contributed by atoms with E-state index in [1.54, 1.807) is 0 Å². The van der Waals surface area contributed by atoms with E-state index in [2.05, 4.69) is 54.7 Å². The first-order valence-electron chi connectivity index (χ1n) is 5.78. The highest BCUT2D eigenvalue weighted by molar-refractivity contribution is 7.10. The van der Waals surface area contributed by atoms with E-state index in [0.717, 1.165) is 12.4 Å². The van der Waals surface area contributed by atoms with Gasteiger partial charge in [-0.05, 0) is 36.1 Å². The molecular formula is C14H18N2S. The van der Waals surface area contributed by atoms with Crippen LogP contribution in [-0.2, 0) is 5.41 Å². The second-order valence-electron chi connectivity index (χ2n) is 4.93. The van der Waals surface area contributed by atoms with Crippen LogP contribution in [0.2, 0.25) is 0 Å². The molecule has 0 aliphatic rings. The van der Waals surface area contributed by atoms with Crippen molar-refractivity contribution in [2.45, 2.75) is 26.2 Å². The number of aromatic nitrogens is 1. The fraction of sp³-hybridized carbons (Fsp3) is 0.357. The molecule has 2 aromatic rings. The van der Waals surface area contributed by atoms with Crippen molar-refractivity contribution in [3.8, 4) is 0 Å². The third-order valence-corrected chi connectivity index (χ3v) is 4.05. The van der Waals surface area contributed by atoms with Gasteiger partial charge in [-0.3, -0.25) is 0 Å². The van der Waals surface area contributed by atoms with Crippen LogP contribution < -0.4 is 5.32 Å². The Morgan fingerprint density at radius 2 is 2.18 bits per heavy atom. The number of pyridine rings is 1. The molecule has 17 heavy (non-hydrogen) atoms. The zero-order valence-corrected chi connectivity index (χ0v) is 11.3. The molecule has 0 unspecified atom stereocenters. The summed E-state index contributed by atoms with van der Waals surface area (Å²) in [4.78, 5) is 5.72. The highest BCUT2D eigenvalue weighted by Gasteiger charge is 2.21. The third kappa shape index (κ3) is 3.07. The summed E-state index contributed by atoms with van der Waals surface area (Å²) in [5, 5.41) is 5.54. The molecule has 0 radical (unpaired) electrons. The minimum absolute atomic E-state index is 0.138. The first-order chi connectivity index (χ1) is 8.08. The fourth-order valence-electron chi connectivity index (χ4n) is 1.70. The largest absolute Gasteiger partial charge is 0.369 e. The number of thiophene rings is 1. The number of anilines is 1. The normalized spacial score (nSPS) is 11.5. The second-order valence-corrected chi connectivity index (χ2v) is 5.88. The van der Waals surface area contributed by atoms with Crippen LogP contribution in [0.25, 0.3) is 0 Å². The molecule has 2 rings (SSSR count). The van der Waals surface area contributed by atoms with E-state index in [4.69, 9.17) is 0 Å². The Hall–Kier alpha value is -1.35. The quantitative estimate of drug-likeness (QED) is 0.886. The number of rotatable bonds is 4. The molecule has 0 atom stereocenters. The Morgan fingerprint density at radius 3 is 2.82 bits per heavy atom. The second kappa shape index (κ2) is 4.88. The predicted molar refractivity (Wildman–Crippen MR) is 74.8 cm³/mol. The van der Waals surface area contributed by atoms with Gasteiger partial charge in [0.05, 0.1) is 0 Å². The van der Waals surface area contributed by atoms with Crippen LogP contribution in [0.15, 0.2) is 35.8 Å². The molecule has 0 aliphatic heterocycles. The first-order valence-corrected chi connectivity index (χ1v) is 6.66. The van der Waals surface area contributed by atoms with Gasteiger partial charge in [0, 0.05) is 23.0 Å². The first kappa shape index (κ1) is 12.1. The van der Waals surface area contributed by atoms with Gasteiger partial charge < -0.3 is 5.32 Å². The Kier molecular flexibility index (Phi) is 3.48. The Balaban J connectivity index is 2.03. The third-order valence-electron chi connectivity index (χ3n) is 2.82. The summed E-state index contributed by atoms with van der Waals surface area (Å²) in [6.45, 7) is 7.48. The number of nitrogens with zero attached hydrogens (tertiary/aromatic N) is 1. The maximum atomic E-state index is 4.32. The summed E-state index contributed by atoms with van der Waals surface area (Å²) in [6, 6.07) is 8.38. The zero-order chi connectivity index (χ0) is 12.3. The van der Waals surface area contributed by atoms with Crippen molar-refractivity contribution in [2.75, 3.05) is 11.9 Å². The molecule has 2 heterocycles. The van der Waals surface area contributed by atoms with Crippen LogP contribution in [0.3, 0.4) is 0 Å². The molecule has 2 aromatic heterocycles. The van der Waals surface area contributed by atoms with Gasteiger partial charge in [-0.15, -0.1) is 11.3 Å². The van der Waals surface area contributed by atoms with Crippen molar-refractivity contribution in [2.24, 2.45) is 0 Å². The maximum Gasteiger partial charge on any atom is 0.126 e. The summed E-state index contributed by atoms with van der Waals surface area (Å²) in [7, 11) is 0. The molecular weight excluding hydrogens is 228 g/mol. The summed E-state index contributed by atoms with van der Waals surface area (Å²) < 4.78 is 0. The van der Waals surface area contributed by atoms with Crippen LogP contribution in [0.1, 0.15) is 24.3 Å².